The van der Waals surface area contributed by atoms with Crippen molar-refractivity contribution in [2.24, 2.45) is 0 Å². The molecule has 0 aliphatic carbocycles. The Kier molecular flexibility index (Phi) is 6.48. The molecule has 0 radical (unpaired) electrons. The number of benzene rings is 1. The van der Waals surface area contributed by atoms with Gasteiger partial charge in [0.25, 0.3) is 5.91 Å². The maximum Gasteiger partial charge on any atom is 0.331 e. The third-order valence-electron chi connectivity index (χ3n) is 4.11. The number of hydrogen-bond acceptors (Lipinski definition) is 7. The van der Waals surface area contributed by atoms with E-state index in [0.29, 0.717) is 23.5 Å². The molecule has 1 fully saturated rings. The van der Waals surface area contributed by atoms with Crippen LogP contribution in [0.15, 0.2) is 24.3 Å². The second kappa shape index (κ2) is 8.43. The van der Waals surface area contributed by atoms with Crippen molar-refractivity contribution in [1.29, 1.82) is 0 Å². The van der Waals surface area contributed by atoms with Gasteiger partial charge in [-0.2, -0.15) is 0 Å². The van der Waals surface area contributed by atoms with E-state index in [4.69, 9.17) is 14.2 Å². The van der Waals surface area contributed by atoms with Gasteiger partial charge in [-0.3, -0.25) is 4.79 Å². The van der Waals surface area contributed by atoms with Crippen LogP contribution in [0.25, 0.3) is 6.08 Å². The van der Waals surface area contributed by atoms with Crippen LogP contribution in [0, 0.1) is 0 Å². The number of methoxy groups -OCH3 is 2. The van der Waals surface area contributed by atoms with E-state index in [1.165, 1.54) is 26.4 Å². The molecular weight excluding hydrogens is 374 g/mol. The fourth-order valence-electron chi connectivity index (χ4n) is 2.79. The second-order valence-corrected chi connectivity index (χ2v) is 8.69. The normalized spacial score (nSPS) is 21.0. The molecular formula is C18H23NO7S. The predicted molar refractivity (Wildman–Crippen MR) is 99.4 cm³/mol. The summed E-state index contributed by atoms with van der Waals surface area (Å²) in [6.07, 6.45) is 3.05. The molecule has 1 heterocycles. The number of esters is 1. The molecule has 1 aromatic rings. The van der Waals surface area contributed by atoms with Crippen LogP contribution in [-0.4, -0.2) is 58.2 Å². The van der Waals surface area contributed by atoms with Crippen LogP contribution < -0.4 is 14.8 Å². The molecule has 1 N–H and O–H groups in total. The van der Waals surface area contributed by atoms with Crippen molar-refractivity contribution < 1.29 is 32.2 Å². The molecule has 1 atom stereocenters. The van der Waals surface area contributed by atoms with Crippen molar-refractivity contribution in [3.63, 3.8) is 0 Å². The minimum atomic E-state index is -3.13. The Morgan fingerprint density at radius 2 is 1.93 bits per heavy atom. The van der Waals surface area contributed by atoms with E-state index >= 15 is 0 Å². The van der Waals surface area contributed by atoms with E-state index in [2.05, 4.69) is 5.32 Å². The van der Waals surface area contributed by atoms with Crippen LogP contribution in [0.4, 0.5) is 0 Å². The van der Waals surface area contributed by atoms with Gasteiger partial charge in [0.15, 0.2) is 27.9 Å². The number of hydrogen-bond donors (Lipinski definition) is 1. The maximum absolute atomic E-state index is 11.9. The van der Waals surface area contributed by atoms with E-state index in [-0.39, 0.29) is 11.5 Å². The van der Waals surface area contributed by atoms with Crippen molar-refractivity contribution in [2.75, 3.05) is 32.3 Å². The van der Waals surface area contributed by atoms with Crippen LogP contribution in [0.5, 0.6) is 11.5 Å². The Labute approximate surface area is 158 Å². The van der Waals surface area contributed by atoms with E-state index in [1.54, 1.807) is 25.1 Å². The largest absolute Gasteiger partial charge is 0.493 e. The van der Waals surface area contributed by atoms with Gasteiger partial charge in [-0.25, -0.2) is 13.2 Å². The lowest BCUT2D eigenvalue weighted by atomic mass is 10.0. The maximum atomic E-state index is 11.9. The van der Waals surface area contributed by atoms with Crippen LogP contribution in [-0.2, 0) is 24.2 Å². The first kappa shape index (κ1) is 20.8. The highest BCUT2D eigenvalue weighted by Crippen LogP contribution is 2.28. The van der Waals surface area contributed by atoms with Gasteiger partial charge in [0.05, 0.1) is 31.3 Å². The molecule has 0 aromatic heterocycles. The Bertz CT molecular complexity index is 847. The second-order valence-electron chi connectivity index (χ2n) is 6.51. The molecule has 0 saturated carbocycles. The van der Waals surface area contributed by atoms with E-state index < -0.39 is 33.9 Å². The minimum absolute atomic E-state index is 0.0393. The predicted octanol–water partition coefficient (Wildman–Crippen LogP) is 0.954. The minimum Gasteiger partial charge on any atom is -0.493 e. The number of rotatable bonds is 7. The Morgan fingerprint density at radius 1 is 1.22 bits per heavy atom. The van der Waals surface area contributed by atoms with Gasteiger partial charge in [0.2, 0.25) is 0 Å². The summed E-state index contributed by atoms with van der Waals surface area (Å²) in [5.41, 5.74) is -0.129. The number of nitrogens with one attached hydrogen (secondary N) is 1. The highest BCUT2D eigenvalue weighted by Gasteiger charge is 2.39. The summed E-state index contributed by atoms with van der Waals surface area (Å²) in [6.45, 7) is 1.18. The van der Waals surface area contributed by atoms with E-state index in [1.807, 2.05) is 0 Å². The van der Waals surface area contributed by atoms with E-state index in [9.17, 15) is 18.0 Å². The number of carbonyl (C=O) groups is 2. The summed E-state index contributed by atoms with van der Waals surface area (Å²) in [4.78, 5) is 23.7. The molecule has 0 bridgehead atoms. The quantitative estimate of drug-likeness (QED) is 0.539. The fourth-order valence-corrected chi connectivity index (χ4v) is 4.88. The first-order valence-corrected chi connectivity index (χ1v) is 10.1. The monoisotopic (exact) mass is 397 g/mol. The van der Waals surface area contributed by atoms with Crippen LogP contribution in [0.3, 0.4) is 0 Å². The zero-order valence-electron chi connectivity index (χ0n) is 15.5. The van der Waals surface area contributed by atoms with Gasteiger partial charge in [-0.05, 0) is 37.1 Å². The number of amides is 1. The molecule has 8 nitrogen and oxygen atoms in total. The number of ether oxygens (including phenoxy) is 3. The summed E-state index contributed by atoms with van der Waals surface area (Å²) in [5.74, 6) is -0.216. The average molecular weight is 397 g/mol. The SMILES string of the molecule is COc1ccc(/C=C/C(=O)OCC(=O)N[C@]2(C)CCS(=O)(=O)C2)cc1OC. The molecule has 1 aliphatic heterocycles. The van der Waals surface area contributed by atoms with E-state index in [0.717, 1.165) is 0 Å². The molecule has 1 saturated heterocycles. The first-order chi connectivity index (χ1) is 12.7. The zero-order chi connectivity index (χ0) is 20.1. The highest BCUT2D eigenvalue weighted by atomic mass is 32.2. The van der Waals surface area contributed by atoms with Crippen molar-refractivity contribution in [3.8, 4) is 11.5 Å². The smallest absolute Gasteiger partial charge is 0.331 e. The third-order valence-corrected chi connectivity index (χ3v) is 6.01. The Balaban J connectivity index is 1.85. The van der Waals surface area contributed by atoms with Crippen LogP contribution >= 0.6 is 0 Å². The lowest BCUT2D eigenvalue weighted by Gasteiger charge is -2.23. The summed E-state index contributed by atoms with van der Waals surface area (Å²) < 4.78 is 38.3. The molecule has 9 heteroatoms. The Hall–Kier alpha value is -2.55. The molecule has 1 aliphatic rings. The lowest BCUT2D eigenvalue weighted by Crippen LogP contribution is -2.48. The Morgan fingerprint density at radius 3 is 2.52 bits per heavy atom. The molecule has 2 rings (SSSR count). The molecule has 0 unspecified atom stereocenters. The van der Waals surface area contributed by atoms with Gasteiger partial charge in [-0.1, -0.05) is 6.07 Å². The average Bonchev–Trinajstić information content (AvgIpc) is 2.90. The molecule has 27 heavy (non-hydrogen) atoms. The van der Waals surface area contributed by atoms with Gasteiger partial charge in [0.1, 0.15) is 0 Å². The van der Waals surface area contributed by atoms with Crippen molar-refractivity contribution in [2.45, 2.75) is 18.9 Å². The van der Waals surface area contributed by atoms with Gasteiger partial charge in [0, 0.05) is 6.08 Å². The van der Waals surface area contributed by atoms with Gasteiger partial charge in [-0.15, -0.1) is 0 Å². The molecule has 1 aromatic carbocycles. The highest BCUT2D eigenvalue weighted by molar-refractivity contribution is 7.91. The lowest BCUT2D eigenvalue weighted by molar-refractivity contribution is -0.144. The van der Waals surface area contributed by atoms with Crippen molar-refractivity contribution in [1.82, 2.24) is 5.32 Å². The molecule has 1 amide bonds. The van der Waals surface area contributed by atoms with Crippen molar-refractivity contribution >= 4 is 27.8 Å². The van der Waals surface area contributed by atoms with Crippen LogP contribution in [0.1, 0.15) is 18.9 Å². The summed E-state index contributed by atoms with van der Waals surface area (Å²) in [7, 11) is -0.101. The van der Waals surface area contributed by atoms with Crippen molar-refractivity contribution in [3.05, 3.63) is 29.8 Å². The fraction of sp³-hybridized carbons (Fsp3) is 0.444. The zero-order valence-corrected chi connectivity index (χ0v) is 16.3. The van der Waals surface area contributed by atoms with Crippen LogP contribution in [0.2, 0.25) is 0 Å². The van der Waals surface area contributed by atoms with Gasteiger partial charge >= 0.3 is 5.97 Å². The summed E-state index contributed by atoms with van der Waals surface area (Å²) in [6, 6.07) is 5.13. The number of carbonyl (C=O) groups excluding carboxylic acids is 2. The topological polar surface area (TPSA) is 108 Å². The molecule has 148 valence electrons. The summed E-state index contributed by atoms with van der Waals surface area (Å²) in [5, 5.41) is 2.62. The standard InChI is InChI=1S/C18H23NO7S/c1-18(8-9-27(22,23)12-18)19-16(20)11-26-17(21)7-5-13-4-6-14(24-2)15(10-13)25-3/h4-7,10H,8-9,11-12H2,1-3H3,(H,19,20)/b7-5+/t18-/m1/s1. The molecule has 0 spiro atoms. The first-order valence-electron chi connectivity index (χ1n) is 8.25. The third kappa shape index (κ3) is 5.99. The number of sulfone groups is 1. The van der Waals surface area contributed by atoms with Gasteiger partial charge < -0.3 is 19.5 Å². The summed E-state index contributed by atoms with van der Waals surface area (Å²) >= 11 is 0.